The van der Waals surface area contributed by atoms with Gasteiger partial charge in [-0.3, -0.25) is 9.20 Å². The third-order valence-corrected chi connectivity index (χ3v) is 5.30. The van der Waals surface area contributed by atoms with Crippen molar-refractivity contribution in [3.8, 4) is 29.9 Å². The molecule has 176 valence electrons. The summed E-state index contributed by atoms with van der Waals surface area (Å²) in [5.74, 6) is 0.826. The highest BCUT2D eigenvalue weighted by Gasteiger charge is 2.15. The number of piperazine rings is 1. The van der Waals surface area contributed by atoms with Gasteiger partial charge in [0.2, 0.25) is 0 Å². The average Bonchev–Trinajstić information content (AvgIpc) is 2.83. The van der Waals surface area contributed by atoms with E-state index in [0.29, 0.717) is 17.9 Å². The summed E-state index contributed by atoms with van der Waals surface area (Å²) in [4.78, 5) is 22.1. The molecular weight excluding hydrogens is 412 g/mol. The van der Waals surface area contributed by atoms with E-state index in [9.17, 15) is 4.79 Å². The SMILES string of the molecule is C#C.CCC.CCOc1cc(-c2cc(=O)n3cc(N4CCN(C)CC4)ccc3n2)ccc1C. The zero-order valence-electron chi connectivity index (χ0n) is 20.5. The van der Waals surface area contributed by atoms with Crippen molar-refractivity contribution in [3.63, 3.8) is 0 Å². The van der Waals surface area contributed by atoms with Crippen molar-refractivity contribution in [1.29, 1.82) is 0 Å². The van der Waals surface area contributed by atoms with E-state index in [1.54, 1.807) is 10.5 Å². The quantitative estimate of drug-likeness (QED) is 0.551. The van der Waals surface area contributed by atoms with Gasteiger partial charge in [0.15, 0.2) is 0 Å². The van der Waals surface area contributed by atoms with Crippen LogP contribution in [0.2, 0.25) is 0 Å². The van der Waals surface area contributed by atoms with Crippen molar-refractivity contribution < 1.29 is 4.74 Å². The number of rotatable bonds is 4. The minimum atomic E-state index is -0.0745. The van der Waals surface area contributed by atoms with E-state index >= 15 is 0 Å². The van der Waals surface area contributed by atoms with Crippen LogP contribution in [0, 0.1) is 19.8 Å². The van der Waals surface area contributed by atoms with Crippen molar-refractivity contribution in [3.05, 3.63) is 58.5 Å². The van der Waals surface area contributed by atoms with Crippen molar-refractivity contribution in [2.45, 2.75) is 34.1 Å². The van der Waals surface area contributed by atoms with Crippen LogP contribution in [0.25, 0.3) is 16.9 Å². The lowest BCUT2D eigenvalue weighted by atomic mass is 10.1. The number of aryl methyl sites for hydroxylation is 1. The molecule has 0 spiro atoms. The molecule has 1 aliphatic rings. The number of pyridine rings is 1. The number of terminal acetylenes is 1. The Morgan fingerprint density at radius 1 is 1.00 bits per heavy atom. The van der Waals surface area contributed by atoms with Crippen molar-refractivity contribution in [1.82, 2.24) is 14.3 Å². The Balaban J connectivity index is 0.000000714. The second-order valence-corrected chi connectivity index (χ2v) is 8.01. The molecule has 2 aromatic heterocycles. The molecule has 33 heavy (non-hydrogen) atoms. The average molecular weight is 449 g/mol. The van der Waals surface area contributed by atoms with E-state index in [-0.39, 0.29) is 5.56 Å². The first-order valence-electron chi connectivity index (χ1n) is 11.5. The van der Waals surface area contributed by atoms with Crippen LogP contribution in [0.5, 0.6) is 5.75 Å². The molecule has 4 rings (SSSR count). The molecule has 0 bridgehead atoms. The third-order valence-electron chi connectivity index (χ3n) is 5.30. The molecule has 0 unspecified atom stereocenters. The summed E-state index contributed by atoms with van der Waals surface area (Å²) in [5.41, 5.74) is 4.26. The highest BCUT2D eigenvalue weighted by molar-refractivity contribution is 5.65. The molecule has 1 aliphatic heterocycles. The number of aromatic nitrogens is 2. The van der Waals surface area contributed by atoms with E-state index in [2.05, 4.69) is 49.6 Å². The van der Waals surface area contributed by atoms with Crippen LogP contribution in [0.15, 0.2) is 47.4 Å². The Labute approximate surface area is 197 Å². The van der Waals surface area contributed by atoms with Crippen molar-refractivity contribution in [2.75, 3.05) is 44.7 Å². The maximum atomic E-state index is 12.8. The van der Waals surface area contributed by atoms with Crippen molar-refractivity contribution in [2.24, 2.45) is 0 Å². The lowest BCUT2D eigenvalue weighted by Crippen LogP contribution is -2.44. The molecular formula is C27H36N4O2. The van der Waals surface area contributed by atoms with Crippen LogP contribution in [-0.2, 0) is 0 Å². The van der Waals surface area contributed by atoms with Gasteiger partial charge in [-0.2, -0.15) is 0 Å². The van der Waals surface area contributed by atoms with Crippen LogP contribution in [-0.4, -0.2) is 54.1 Å². The number of hydrogen-bond donors (Lipinski definition) is 0. The van der Waals surface area contributed by atoms with Gasteiger partial charge in [-0.15, -0.1) is 12.8 Å². The first-order chi connectivity index (χ1) is 16.0. The fraction of sp³-hybridized carbons (Fsp3) is 0.407. The maximum Gasteiger partial charge on any atom is 0.258 e. The second kappa shape index (κ2) is 12.7. The molecule has 0 radical (unpaired) electrons. The number of anilines is 1. The molecule has 3 heterocycles. The summed E-state index contributed by atoms with van der Waals surface area (Å²) >= 11 is 0. The van der Waals surface area contributed by atoms with Crippen molar-refractivity contribution >= 4 is 11.3 Å². The van der Waals surface area contributed by atoms with Gasteiger partial charge in [0, 0.05) is 44.0 Å². The van der Waals surface area contributed by atoms with E-state index in [0.717, 1.165) is 48.7 Å². The molecule has 0 N–H and O–H groups in total. The lowest BCUT2D eigenvalue weighted by Gasteiger charge is -2.34. The van der Waals surface area contributed by atoms with Gasteiger partial charge in [-0.05, 0) is 44.7 Å². The van der Waals surface area contributed by atoms with Crippen LogP contribution >= 0.6 is 0 Å². The predicted molar refractivity (Wildman–Crippen MR) is 138 cm³/mol. The highest BCUT2D eigenvalue weighted by Crippen LogP contribution is 2.26. The normalized spacial score (nSPS) is 13.5. The molecule has 0 saturated carbocycles. The summed E-state index contributed by atoms with van der Waals surface area (Å²) in [6.07, 6.45) is 11.2. The molecule has 0 amide bonds. The predicted octanol–water partition coefficient (Wildman–Crippen LogP) is 4.49. The fourth-order valence-corrected chi connectivity index (χ4v) is 3.56. The largest absolute Gasteiger partial charge is 0.494 e. The minimum Gasteiger partial charge on any atom is -0.494 e. The molecule has 1 aromatic carbocycles. The smallest absolute Gasteiger partial charge is 0.258 e. The first kappa shape index (κ1) is 26.0. The first-order valence-corrected chi connectivity index (χ1v) is 11.5. The number of ether oxygens (including phenoxy) is 1. The number of benzene rings is 1. The Morgan fingerprint density at radius 2 is 1.67 bits per heavy atom. The number of nitrogens with zero attached hydrogens (tertiary/aromatic N) is 4. The summed E-state index contributed by atoms with van der Waals surface area (Å²) in [7, 11) is 2.13. The third kappa shape index (κ3) is 6.59. The van der Waals surface area contributed by atoms with Crippen LogP contribution < -0.4 is 15.2 Å². The molecule has 6 nitrogen and oxygen atoms in total. The number of hydrogen-bond acceptors (Lipinski definition) is 5. The standard InChI is InChI=1S/C22H26N4O2.C3H8.C2H2/c1-4-28-20-13-17(6-5-16(20)2)19-14-22(27)26-15-18(7-8-21(26)23-19)25-11-9-24(3)10-12-25;1-3-2;1-2/h5-8,13-15H,4,9-12H2,1-3H3;3H2,1-2H3;1-2H. The molecule has 0 aliphatic carbocycles. The van der Waals surface area contributed by atoms with Crippen LogP contribution in [0.4, 0.5) is 5.69 Å². The minimum absolute atomic E-state index is 0.0745. The van der Waals surface area contributed by atoms with E-state index < -0.39 is 0 Å². The fourth-order valence-electron chi connectivity index (χ4n) is 3.56. The molecule has 1 fully saturated rings. The second-order valence-electron chi connectivity index (χ2n) is 8.01. The zero-order chi connectivity index (χ0) is 24.4. The summed E-state index contributed by atoms with van der Waals surface area (Å²) in [6, 6.07) is 11.5. The van der Waals surface area contributed by atoms with Gasteiger partial charge in [-0.25, -0.2) is 4.98 Å². The number of fused-ring (bicyclic) bond motifs is 1. The zero-order valence-corrected chi connectivity index (χ0v) is 20.5. The summed E-state index contributed by atoms with van der Waals surface area (Å²) in [6.45, 7) is 12.8. The van der Waals surface area contributed by atoms with E-state index in [4.69, 9.17) is 9.72 Å². The van der Waals surface area contributed by atoms with Gasteiger partial charge in [0.05, 0.1) is 18.0 Å². The summed E-state index contributed by atoms with van der Waals surface area (Å²) < 4.78 is 7.32. The Bertz CT molecular complexity index is 1110. The molecule has 6 heteroatoms. The van der Waals surface area contributed by atoms with Gasteiger partial charge < -0.3 is 14.5 Å². The Kier molecular flexibility index (Phi) is 9.96. The molecule has 3 aromatic rings. The maximum absolute atomic E-state index is 12.8. The molecule has 1 saturated heterocycles. The topological polar surface area (TPSA) is 50.1 Å². The van der Waals surface area contributed by atoms with Gasteiger partial charge >= 0.3 is 0 Å². The van der Waals surface area contributed by atoms with Gasteiger partial charge in [-0.1, -0.05) is 32.4 Å². The van der Waals surface area contributed by atoms with Gasteiger partial charge in [0.1, 0.15) is 11.4 Å². The van der Waals surface area contributed by atoms with Gasteiger partial charge in [0.25, 0.3) is 5.56 Å². The Hall–Kier alpha value is -3.30. The van der Waals surface area contributed by atoms with Crippen LogP contribution in [0.3, 0.4) is 0 Å². The van der Waals surface area contributed by atoms with E-state index in [1.807, 2.05) is 44.3 Å². The molecule has 0 atom stereocenters. The highest BCUT2D eigenvalue weighted by atomic mass is 16.5. The Morgan fingerprint density at radius 3 is 2.30 bits per heavy atom. The van der Waals surface area contributed by atoms with Crippen LogP contribution in [0.1, 0.15) is 32.8 Å². The number of likely N-dealkylation sites (N-methyl/N-ethyl adjacent to an activating group) is 1. The van der Waals surface area contributed by atoms with E-state index in [1.165, 1.54) is 6.42 Å². The summed E-state index contributed by atoms with van der Waals surface area (Å²) in [5, 5.41) is 0. The lowest BCUT2D eigenvalue weighted by molar-refractivity contribution is 0.313. The monoisotopic (exact) mass is 448 g/mol.